The Morgan fingerprint density at radius 1 is 0.734 bits per heavy atom. The zero-order chi connectivity index (χ0) is 46.1. The fraction of sp³-hybridized carbons (Fsp3) is 0.188. The van der Waals surface area contributed by atoms with Gasteiger partial charge in [-0.05, 0) is 97.3 Å². The van der Waals surface area contributed by atoms with E-state index in [9.17, 15) is 44.2 Å². The third-order valence-electron chi connectivity index (χ3n) is 10.2. The first kappa shape index (κ1) is 45.1. The van der Waals surface area contributed by atoms with Crippen molar-refractivity contribution in [3.63, 3.8) is 0 Å². The van der Waals surface area contributed by atoms with Gasteiger partial charge in [0.25, 0.3) is 11.8 Å². The normalized spacial score (nSPS) is 12.0. The molecular formula is C48H42N4O12. The van der Waals surface area contributed by atoms with Crippen molar-refractivity contribution in [1.29, 1.82) is 5.26 Å². The quantitative estimate of drug-likeness (QED) is 0.0450. The fourth-order valence-electron chi connectivity index (χ4n) is 6.73. The van der Waals surface area contributed by atoms with E-state index in [1.165, 1.54) is 69.7 Å². The Kier molecular flexibility index (Phi) is 14.1. The molecule has 0 fully saturated rings. The minimum atomic E-state index is -0.989. The van der Waals surface area contributed by atoms with Gasteiger partial charge in [-0.15, -0.1) is 0 Å². The number of Topliss-reactive ketones (excluding diaryl/α,β-unsaturated/α-hetero) is 3. The van der Waals surface area contributed by atoms with Crippen LogP contribution in [0.2, 0.25) is 0 Å². The Morgan fingerprint density at radius 2 is 1.33 bits per heavy atom. The molecular weight excluding hydrogens is 825 g/mol. The smallest absolute Gasteiger partial charge is 0.259 e. The number of phenolic OH excluding ortho intramolecular Hbond substituents is 2. The molecule has 1 heterocycles. The van der Waals surface area contributed by atoms with Crippen LogP contribution in [-0.4, -0.2) is 66.3 Å². The molecule has 0 aliphatic carbocycles. The molecule has 64 heavy (non-hydrogen) atoms. The molecule has 0 bridgehead atoms. The van der Waals surface area contributed by atoms with Crippen LogP contribution in [0.5, 0.6) is 34.5 Å². The van der Waals surface area contributed by atoms with Crippen molar-refractivity contribution in [2.75, 3.05) is 37.0 Å². The molecule has 0 spiro atoms. The summed E-state index contributed by atoms with van der Waals surface area (Å²) in [4.78, 5) is 77.7. The number of amides is 3. The molecule has 1 aliphatic rings. The van der Waals surface area contributed by atoms with Crippen molar-refractivity contribution in [3.8, 4) is 40.6 Å². The number of ketones is 3. The number of carbonyl (C=O) groups excluding carboxylic acids is 6. The number of phenols is 2. The number of ether oxygens (including phenoxy) is 4. The summed E-state index contributed by atoms with van der Waals surface area (Å²) in [5.74, 6) is -4.11. The van der Waals surface area contributed by atoms with Gasteiger partial charge in [0.05, 0.1) is 48.7 Å². The predicted octanol–water partition coefficient (Wildman–Crippen LogP) is 7.51. The van der Waals surface area contributed by atoms with E-state index in [0.29, 0.717) is 33.9 Å². The first-order valence-electron chi connectivity index (χ1n) is 19.7. The van der Waals surface area contributed by atoms with Gasteiger partial charge in [-0.1, -0.05) is 30.3 Å². The van der Waals surface area contributed by atoms with Crippen molar-refractivity contribution >= 4 is 58.2 Å². The van der Waals surface area contributed by atoms with E-state index in [-0.39, 0.29) is 77.2 Å². The van der Waals surface area contributed by atoms with Gasteiger partial charge in [0.15, 0.2) is 51.8 Å². The number of carbonyl (C=O) groups is 6. The number of aromatic hydroxyl groups is 2. The molecule has 16 heteroatoms. The van der Waals surface area contributed by atoms with E-state index in [4.69, 9.17) is 18.9 Å². The summed E-state index contributed by atoms with van der Waals surface area (Å²) in [6, 6.07) is 24.9. The minimum Gasteiger partial charge on any atom is -0.504 e. The van der Waals surface area contributed by atoms with Crippen molar-refractivity contribution < 1.29 is 57.9 Å². The van der Waals surface area contributed by atoms with Crippen LogP contribution in [0.1, 0.15) is 79.2 Å². The highest BCUT2D eigenvalue weighted by Crippen LogP contribution is 2.41. The number of hydrogen-bond acceptors (Lipinski definition) is 13. The summed E-state index contributed by atoms with van der Waals surface area (Å²) >= 11 is 0. The van der Waals surface area contributed by atoms with Gasteiger partial charge in [0, 0.05) is 36.1 Å². The second-order valence-electron chi connectivity index (χ2n) is 14.5. The van der Waals surface area contributed by atoms with Crippen molar-refractivity contribution in [2.24, 2.45) is 5.92 Å². The number of nitrogens with zero attached hydrogens (tertiary/aromatic N) is 1. The van der Waals surface area contributed by atoms with Crippen molar-refractivity contribution in [1.82, 2.24) is 0 Å². The number of allylic oxidation sites excluding steroid dienone is 1. The molecule has 6 rings (SSSR count). The lowest BCUT2D eigenvalue weighted by atomic mass is 9.94. The topological polar surface area (TPSA) is 240 Å². The molecule has 1 aliphatic heterocycles. The largest absolute Gasteiger partial charge is 0.504 e. The minimum absolute atomic E-state index is 0.0153. The van der Waals surface area contributed by atoms with Crippen LogP contribution in [0.4, 0.5) is 17.1 Å². The Bertz CT molecular complexity index is 2740. The summed E-state index contributed by atoms with van der Waals surface area (Å²) in [6.07, 6.45) is 1.39. The monoisotopic (exact) mass is 866 g/mol. The van der Waals surface area contributed by atoms with Gasteiger partial charge in [0.2, 0.25) is 12.7 Å². The van der Waals surface area contributed by atoms with Crippen LogP contribution in [0.25, 0.3) is 6.08 Å². The van der Waals surface area contributed by atoms with Crippen LogP contribution >= 0.6 is 0 Å². The third-order valence-corrected chi connectivity index (χ3v) is 10.2. The van der Waals surface area contributed by atoms with Crippen LogP contribution in [0, 0.1) is 17.2 Å². The van der Waals surface area contributed by atoms with Crippen molar-refractivity contribution in [2.45, 2.75) is 33.1 Å². The van der Waals surface area contributed by atoms with Crippen molar-refractivity contribution in [3.05, 3.63) is 130 Å². The molecule has 0 saturated carbocycles. The molecule has 0 saturated heterocycles. The maximum absolute atomic E-state index is 13.3. The summed E-state index contributed by atoms with van der Waals surface area (Å²) in [6.45, 7) is 3.14. The lowest BCUT2D eigenvalue weighted by Crippen LogP contribution is -2.25. The number of rotatable bonds is 17. The maximum atomic E-state index is 13.3. The fourth-order valence-corrected chi connectivity index (χ4v) is 6.73. The molecule has 3 amide bonds. The average Bonchev–Trinajstić information content (AvgIpc) is 3.75. The second kappa shape index (κ2) is 19.9. The number of benzene rings is 5. The van der Waals surface area contributed by atoms with E-state index < -0.39 is 40.9 Å². The average molecular weight is 867 g/mol. The molecule has 1 atom stereocenters. The van der Waals surface area contributed by atoms with Gasteiger partial charge in [-0.25, -0.2) is 0 Å². The van der Waals surface area contributed by atoms with Crippen LogP contribution in [-0.2, 0) is 16.0 Å². The SMILES string of the molecule is COc1c(NC(=O)c2ccc(NC(=O)c3ccc(NC(=O)[C@H](CC#N)CC(=O)c4ccc(CC(=O)/C(C)=C/c5ccc6c(c5)OCO6)cc4)cc3)c(OC)c2O)ccc(C(C)=O)c1O. The van der Waals surface area contributed by atoms with Gasteiger partial charge < -0.3 is 45.1 Å². The zero-order valence-electron chi connectivity index (χ0n) is 35.1. The highest BCUT2D eigenvalue weighted by Gasteiger charge is 2.25. The number of anilines is 3. The van der Waals surface area contributed by atoms with Crippen LogP contribution < -0.4 is 34.9 Å². The molecule has 0 unspecified atom stereocenters. The van der Waals surface area contributed by atoms with E-state index >= 15 is 0 Å². The first-order valence-corrected chi connectivity index (χ1v) is 19.7. The standard InChI is InChI=1S/C48H42N4O12/c1-26(21-29-7-18-40-41(23-29)64-25-63-40)38(54)22-28-5-8-30(9-6-28)39(55)24-32(19-20-49)47(59)50-33-12-10-31(11-13-33)46(58)51-36-17-15-35(43(57)45(36)62-4)48(60)52-37-16-14-34(27(2)53)42(56)44(37)61-3/h5-18,21,23,32,56-57H,19,22,24-25H2,1-4H3,(H,50,59)(H,51,58)(H,52,60)/b26-21+/t32-/m1/s1. The molecule has 326 valence electrons. The van der Waals surface area contributed by atoms with E-state index in [2.05, 4.69) is 16.0 Å². The Morgan fingerprint density at radius 3 is 1.95 bits per heavy atom. The summed E-state index contributed by atoms with van der Waals surface area (Å²) < 4.78 is 21.2. The third kappa shape index (κ3) is 10.3. The van der Waals surface area contributed by atoms with E-state index in [0.717, 1.165) is 5.56 Å². The highest BCUT2D eigenvalue weighted by molar-refractivity contribution is 6.11. The summed E-state index contributed by atoms with van der Waals surface area (Å²) in [5.41, 5.74) is 2.56. The molecule has 0 radical (unpaired) electrons. The maximum Gasteiger partial charge on any atom is 0.259 e. The Hall–Kier alpha value is -8.45. The lowest BCUT2D eigenvalue weighted by molar-refractivity contribution is -0.119. The zero-order valence-corrected chi connectivity index (χ0v) is 35.1. The number of nitrogens with one attached hydrogen (secondary N) is 3. The summed E-state index contributed by atoms with van der Waals surface area (Å²) in [7, 11) is 2.47. The predicted molar refractivity (Wildman–Crippen MR) is 234 cm³/mol. The first-order chi connectivity index (χ1) is 30.7. The van der Waals surface area contributed by atoms with Gasteiger partial charge >= 0.3 is 0 Å². The molecule has 0 aromatic heterocycles. The number of nitriles is 1. The lowest BCUT2D eigenvalue weighted by Gasteiger charge is -2.16. The molecule has 5 aromatic carbocycles. The van der Waals surface area contributed by atoms with Crippen LogP contribution in [0.3, 0.4) is 0 Å². The van der Waals surface area contributed by atoms with Crippen LogP contribution in [0.15, 0.2) is 96.6 Å². The second-order valence-corrected chi connectivity index (χ2v) is 14.5. The molecule has 16 nitrogen and oxygen atoms in total. The Labute approximate surface area is 367 Å². The summed E-state index contributed by atoms with van der Waals surface area (Å²) in [5, 5.41) is 38.7. The van der Waals surface area contributed by atoms with Gasteiger partial charge in [-0.3, -0.25) is 28.8 Å². The van der Waals surface area contributed by atoms with E-state index in [1.807, 2.05) is 12.1 Å². The van der Waals surface area contributed by atoms with E-state index in [1.54, 1.807) is 49.4 Å². The number of fused-ring (bicyclic) bond motifs is 1. The molecule has 5 N–H and O–H groups in total. The van der Waals surface area contributed by atoms with Gasteiger partial charge in [-0.2, -0.15) is 5.26 Å². The highest BCUT2D eigenvalue weighted by atomic mass is 16.7. The number of methoxy groups -OCH3 is 2. The number of hydrogen-bond donors (Lipinski definition) is 5. The molecule has 5 aromatic rings. The Balaban J connectivity index is 1.04. The van der Waals surface area contributed by atoms with Gasteiger partial charge in [0.1, 0.15) is 0 Å².